The van der Waals surface area contributed by atoms with Gasteiger partial charge in [0.05, 0.1) is 51.7 Å². The number of nitrogens with zero attached hydrogens (tertiary/aromatic N) is 4. The van der Waals surface area contributed by atoms with Crippen molar-refractivity contribution in [1.82, 2.24) is 36.1 Å². The van der Waals surface area contributed by atoms with E-state index in [9.17, 15) is 33.5 Å². The van der Waals surface area contributed by atoms with Crippen LogP contribution in [-0.2, 0) is 35.1 Å². The van der Waals surface area contributed by atoms with E-state index in [1.807, 2.05) is 42.1 Å². The molecule has 0 bridgehead atoms. The summed E-state index contributed by atoms with van der Waals surface area (Å²) in [6.07, 6.45) is 5.05. The molecular formula is C50H62FN9O9S2. The first kappa shape index (κ1) is 51.5. The Labute approximate surface area is 420 Å². The highest BCUT2D eigenvalue weighted by atomic mass is 32.2. The second kappa shape index (κ2) is 25.5. The largest absolute Gasteiger partial charge is 0.508 e. The third kappa shape index (κ3) is 14.2. The number of fused-ring (bicyclic) bond motifs is 2. The zero-order chi connectivity index (χ0) is 49.5. The van der Waals surface area contributed by atoms with Gasteiger partial charge < -0.3 is 50.4 Å². The van der Waals surface area contributed by atoms with Crippen LogP contribution in [0.3, 0.4) is 0 Å². The number of aromatic hydroxyl groups is 1. The van der Waals surface area contributed by atoms with Crippen LogP contribution in [0.15, 0.2) is 72.2 Å². The van der Waals surface area contributed by atoms with Gasteiger partial charge in [-0.05, 0) is 65.9 Å². The van der Waals surface area contributed by atoms with Crippen molar-refractivity contribution in [1.29, 1.82) is 0 Å². The fourth-order valence-corrected chi connectivity index (χ4v) is 11.3. The van der Waals surface area contributed by atoms with Gasteiger partial charge in [-0.3, -0.25) is 29.4 Å². The molecule has 4 atom stereocenters. The maximum Gasteiger partial charge on any atom is 0.315 e. The molecule has 380 valence electrons. The van der Waals surface area contributed by atoms with E-state index < -0.39 is 23.7 Å². The summed E-state index contributed by atoms with van der Waals surface area (Å²) in [5.74, 6) is -1.06. The van der Waals surface area contributed by atoms with Crippen LogP contribution in [-0.4, -0.2) is 158 Å². The molecule has 8 rings (SSSR count). The van der Waals surface area contributed by atoms with Crippen molar-refractivity contribution >= 4 is 63.6 Å². The number of halogens is 1. The number of aromatic nitrogens is 1. The van der Waals surface area contributed by atoms with E-state index >= 15 is 0 Å². The Morgan fingerprint density at radius 2 is 1.56 bits per heavy atom. The first-order valence-corrected chi connectivity index (χ1v) is 26.2. The van der Waals surface area contributed by atoms with Crippen molar-refractivity contribution in [2.75, 3.05) is 101 Å². The molecule has 21 heteroatoms. The number of anilines is 2. The number of nitrogens with one attached hydrogen (secondary N) is 5. The van der Waals surface area contributed by atoms with Gasteiger partial charge >= 0.3 is 6.03 Å². The molecule has 6 N–H and O–H groups in total. The molecule has 3 saturated heterocycles. The number of thioether (sulfide) groups is 1. The Kier molecular flexibility index (Phi) is 18.5. The molecular weight excluding hydrogens is 954 g/mol. The molecule has 0 radical (unpaired) electrons. The fourth-order valence-electron chi connectivity index (χ4n) is 9.23. The molecule has 3 fully saturated rings. The van der Waals surface area contributed by atoms with Crippen molar-refractivity contribution in [2.45, 2.75) is 62.0 Å². The lowest BCUT2D eigenvalue weighted by atomic mass is 10.00. The maximum absolute atomic E-state index is 14.4. The summed E-state index contributed by atoms with van der Waals surface area (Å²) in [6.45, 7) is 7.53. The number of piperazine rings is 1. The number of rotatable bonds is 26. The van der Waals surface area contributed by atoms with E-state index in [-0.39, 0.29) is 54.2 Å². The Hall–Kier alpha value is -5.84. The smallest absolute Gasteiger partial charge is 0.315 e. The molecule has 4 aromatic rings. The highest BCUT2D eigenvalue weighted by Crippen LogP contribution is 2.38. The molecule has 0 spiro atoms. The normalized spacial score (nSPS) is 19.0. The van der Waals surface area contributed by atoms with Crippen LogP contribution in [0.5, 0.6) is 5.75 Å². The molecule has 18 nitrogen and oxygen atoms in total. The van der Waals surface area contributed by atoms with E-state index in [1.165, 1.54) is 28.5 Å². The third-order valence-electron chi connectivity index (χ3n) is 13.0. The van der Waals surface area contributed by atoms with Crippen LogP contribution in [0, 0.1) is 5.82 Å². The van der Waals surface area contributed by atoms with Gasteiger partial charge in [0.2, 0.25) is 11.8 Å². The summed E-state index contributed by atoms with van der Waals surface area (Å²) in [6, 6.07) is 16.2. The quantitative estimate of drug-likeness (QED) is 0.0378. The number of carbonyl (C=O) groups excluding carboxylic acids is 5. The number of thiazole rings is 1. The van der Waals surface area contributed by atoms with Gasteiger partial charge in [-0.15, -0.1) is 11.3 Å². The maximum atomic E-state index is 14.4. The number of carbonyl (C=O) groups is 5. The van der Waals surface area contributed by atoms with Crippen molar-refractivity contribution in [2.24, 2.45) is 0 Å². The molecule has 71 heavy (non-hydrogen) atoms. The number of phenols is 1. The van der Waals surface area contributed by atoms with E-state index in [0.29, 0.717) is 75.1 Å². The van der Waals surface area contributed by atoms with Gasteiger partial charge in [-0.1, -0.05) is 30.7 Å². The molecule has 0 saturated carbocycles. The predicted octanol–water partition coefficient (Wildman–Crippen LogP) is 4.51. The molecule has 1 aromatic heterocycles. The van der Waals surface area contributed by atoms with E-state index in [4.69, 9.17) is 14.2 Å². The molecule has 3 aromatic carbocycles. The van der Waals surface area contributed by atoms with Crippen LogP contribution in [0.1, 0.15) is 59.6 Å². The van der Waals surface area contributed by atoms with Gasteiger partial charge in [0.1, 0.15) is 17.6 Å². The van der Waals surface area contributed by atoms with Crippen molar-refractivity contribution in [3.63, 3.8) is 0 Å². The Balaban J connectivity index is 0.649. The third-order valence-corrected chi connectivity index (χ3v) is 15.2. The van der Waals surface area contributed by atoms with Crippen LogP contribution < -0.4 is 31.5 Å². The minimum Gasteiger partial charge on any atom is -0.508 e. The number of hydrogen-bond acceptors (Lipinski definition) is 14. The minimum atomic E-state index is -1.31. The average molecular weight is 1020 g/mol. The SMILES string of the molecule is O=C(CCCC[C@@H]1SC[C@@H]2NC(=O)N[C@@H]21)NCCOCCOCCOCCC(=O)NCCN1CCN(c2ccc(-c3ccc4c(c3)C(=O)N(C(C(=O)Nc3nccs3)c3cc(F)ccc3O)C4)cc2)CC1. The summed E-state index contributed by atoms with van der Waals surface area (Å²) < 4.78 is 31.1. The second-order valence-corrected chi connectivity index (χ2v) is 19.9. The van der Waals surface area contributed by atoms with Crippen LogP contribution >= 0.6 is 23.1 Å². The highest BCUT2D eigenvalue weighted by Gasteiger charge is 2.43. The standard InChI is InChI=1S/C50H62FN9O9S2/c51-36-9-12-41(61)39(30-36)46(47(64)57-50-54-16-28-70-50)60-31-35-6-5-34(29-38(35)48(60)65)33-7-10-37(11-8-33)59-20-18-58(19-21-59)17-14-52-44(63)13-22-67-24-26-69-27-25-68-23-15-53-43(62)4-2-1-3-42-45-40(32-71-42)55-49(66)56-45/h5-12,16,28-30,40,42,45-46,61H,1-4,13-15,17-27,31-32H2,(H,52,63)(H,53,62)(H,54,57,64)(H2,55,56,66)/t40-,42-,45-,46?/m0/s1. The van der Waals surface area contributed by atoms with E-state index in [2.05, 4.69) is 53.5 Å². The number of amides is 6. The number of urea groups is 1. The van der Waals surface area contributed by atoms with Crippen LogP contribution in [0.25, 0.3) is 11.1 Å². The second-order valence-electron chi connectivity index (χ2n) is 17.8. The lowest BCUT2D eigenvalue weighted by Crippen LogP contribution is -2.48. The lowest BCUT2D eigenvalue weighted by molar-refractivity contribution is -0.123. The molecule has 4 aliphatic heterocycles. The monoisotopic (exact) mass is 1020 g/mol. The number of unbranched alkanes of at least 4 members (excludes halogenated alkanes) is 1. The first-order chi connectivity index (χ1) is 34.6. The Morgan fingerprint density at radius 3 is 2.34 bits per heavy atom. The molecule has 4 aliphatic rings. The van der Waals surface area contributed by atoms with Crippen molar-refractivity contribution in [3.05, 3.63) is 94.7 Å². The van der Waals surface area contributed by atoms with Gasteiger partial charge in [0, 0.05) is 105 Å². The zero-order valence-corrected chi connectivity index (χ0v) is 41.2. The van der Waals surface area contributed by atoms with E-state index in [0.717, 1.165) is 92.2 Å². The van der Waals surface area contributed by atoms with Gasteiger partial charge in [-0.2, -0.15) is 11.8 Å². The number of phenolic OH excluding ortho intramolecular Hbond substituents is 1. The minimum absolute atomic E-state index is 0.0189. The molecule has 0 aliphatic carbocycles. The predicted molar refractivity (Wildman–Crippen MR) is 269 cm³/mol. The molecule has 6 amide bonds. The zero-order valence-electron chi connectivity index (χ0n) is 39.6. The van der Waals surface area contributed by atoms with Crippen LogP contribution in [0.4, 0.5) is 20.0 Å². The summed E-state index contributed by atoms with van der Waals surface area (Å²) in [5.41, 5.74) is 3.97. The summed E-state index contributed by atoms with van der Waals surface area (Å²) >= 11 is 3.10. The summed E-state index contributed by atoms with van der Waals surface area (Å²) in [4.78, 5) is 73.8. The topological polar surface area (TPSA) is 216 Å². The summed E-state index contributed by atoms with van der Waals surface area (Å²) in [5, 5.41) is 27.7. The Bertz CT molecular complexity index is 2450. The van der Waals surface area contributed by atoms with Gasteiger partial charge in [-0.25, -0.2) is 14.2 Å². The van der Waals surface area contributed by atoms with Gasteiger partial charge in [0.15, 0.2) is 5.13 Å². The summed E-state index contributed by atoms with van der Waals surface area (Å²) in [7, 11) is 0. The molecule has 1 unspecified atom stereocenters. The van der Waals surface area contributed by atoms with Gasteiger partial charge in [0.25, 0.3) is 11.8 Å². The molecule has 5 heterocycles. The van der Waals surface area contributed by atoms with Crippen molar-refractivity contribution in [3.8, 4) is 16.9 Å². The average Bonchev–Trinajstić information content (AvgIpc) is 4.18. The first-order valence-electron chi connectivity index (χ1n) is 24.3. The number of benzene rings is 3. The fraction of sp³-hybridized carbons (Fsp3) is 0.480. The van der Waals surface area contributed by atoms with Crippen LogP contribution in [0.2, 0.25) is 0 Å². The number of hydrogen-bond donors (Lipinski definition) is 6. The van der Waals surface area contributed by atoms with E-state index in [1.54, 1.807) is 5.38 Å². The number of ether oxygens (including phenoxy) is 3. The van der Waals surface area contributed by atoms with Crippen molar-refractivity contribution < 1.29 is 47.7 Å². The lowest BCUT2D eigenvalue weighted by Gasteiger charge is -2.36. The Morgan fingerprint density at radius 1 is 0.831 bits per heavy atom. The highest BCUT2D eigenvalue weighted by molar-refractivity contribution is 8.00.